The van der Waals surface area contributed by atoms with Crippen LogP contribution in [0.1, 0.15) is 17.2 Å². The van der Waals surface area contributed by atoms with Gasteiger partial charge in [0.25, 0.3) is 0 Å². The number of hydrogen-bond acceptors (Lipinski definition) is 5. The van der Waals surface area contributed by atoms with E-state index >= 15 is 0 Å². The molecule has 5 nitrogen and oxygen atoms in total. The summed E-state index contributed by atoms with van der Waals surface area (Å²) in [5.74, 6) is 0. The molecule has 0 N–H and O–H groups in total. The van der Waals surface area contributed by atoms with E-state index in [1.54, 1.807) is 0 Å². The zero-order chi connectivity index (χ0) is 18.6. The van der Waals surface area contributed by atoms with Crippen LogP contribution in [0.4, 0.5) is 0 Å². The van der Waals surface area contributed by atoms with E-state index in [1.165, 1.54) is 20.1 Å². The van der Waals surface area contributed by atoms with E-state index in [0.29, 0.717) is 0 Å². The van der Waals surface area contributed by atoms with Crippen LogP contribution in [0.15, 0.2) is 84.9 Å². The van der Waals surface area contributed by atoms with Gasteiger partial charge < -0.3 is 0 Å². The molecular formula is C19H15ClO5Se. The standard InChI is InChI=1S/C19H15OSe.ClHO4/c1-3-9-15(10-4-1)19-17-13-7-8-14-18(17)21(20-19)16-11-5-2-6-12-16;2-1(3,4)5/h1-14,19H;(H,2,3,4,5)/q+1;/p-1. The van der Waals surface area contributed by atoms with Crippen molar-refractivity contribution in [2.45, 2.75) is 6.10 Å². The van der Waals surface area contributed by atoms with E-state index in [2.05, 4.69) is 84.9 Å². The summed E-state index contributed by atoms with van der Waals surface area (Å²) in [4.78, 5) is 0. The number of halogens is 1. The predicted molar refractivity (Wildman–Crippen MR) is 87.3 cm³/mol. The molecule has 26 heavy (non-hydrogen) atoms. The van der Waals surface area contributed by atoms with Gasteiger partial charge in [0.05, 0.1) is 0 Å². The monoisotopic (exact) mass is 438 g/mol. The molecule has 0 saturated heterocycles. The van der Waals surface area contributed by atoms with Gasteiger partial charge in [0.2, 0.25) is 0 Å². The third-order valence-corrected chi connectivity index (χ3v) is 7.55. The van der Waals surface area contributed by atoms with E-state index in [9.17, 15) is 0 Å². The fourth-order valence-corrected chi connectivity index (χ4v) is 6.58. The van der Waals surface area contributed by atoms with Crippen molar-refractivity contribution in [3.05, 3.63) is 96.1 Å². The van der Waals surface area contributed by atoms with Gasteiger partial charge in [0.1, 0.15) is 0 Å². The Morgan fingerprint density at radius 3 is 1.81 bits per heavy atom. The van der Waals surface area contributed by atoms with Crippen molar-refractivity contribution in [2.24, 2.45) is 0 Å². The fraction of sp³-hybridized carbons (Fsp3) is 0.0526. The minimum atomic E-state index is -4.94. The van der Waals surface area contributed by atoms with Crippen LogP contribution in [0.3, 0.4) is 0 Å². The first-order valence-electron chi connectivity index (χ1n) is 7.65. The van der Waals surface area contributed by atoms with Gasteiger partial charge in [-0.25, -0.2) is 18.6 Å². The SMILES string of the molecule is [O-][Cl+3]([O-])([O-])[O-].c1ccc(C2O[Se+](c3ccccc3)c3ccccc32)cc1. The van der Waals surface area contributed by atoms with Crippen LogP contribution < -0.4 is 27.6 Å². The molecule has 0 saturated carbocycles. The summed E-state index contributed by atoms with van der Waals surface area (Å²) in [6.07, 6.45) is 0.0765. The molecule has 0 amide bonds. The fourth-order valence-electron chi connectivity index (χ4n) is 2.66. The van der Waals surface area contributed by atoms with Crippen molar-refractivity contribution in [3.63, 3.8) is 0 Å². The van der Waals surface area contributed by atoms with Gasteiger partial charge in [-0.15, -0.1) is 10.2 Å². The first-order chi connectivity index (χ1) is 12.4. The van der Waals surface area contributed by atoms with Gasteiger partial charge in [0, 0.05) is 0 Å². The Kier molecular flexibility index (Phi) is 6.08. The van der Waals surface area contributed by atoms with Crippen LogP contribution in [0, 0.1) is 10.2 Å². The summed E-state index contributed by atoms with van der Waals surface area (Å²) in [7, 11) is -4.94. The maximum absolute atomic E-state index is 8.49. The van der Waals surface area contributed by atoms with Gasteiger partial charge in [-0.1, -0.05) is 0 Å². The summed E-state index contributed by atoms with van der Waals surface area (Å²) in [6, 6.07) is 29.8. The van der Waals surface area contributed by atoms with Crippen molar-refractivity contribution in [1.29, 1.82) is 0 Å². The molecule has 1 heterocycles. The van der Waals surface area contributed by atoms with Gasteiger partial charge in [-0.2, -0.15) is 0 Å². The van der Waals surface area contributed by atoms with E-state index in [-0.39, 0.29) is 6.10 Å². The molecule has 3 aromatic carbocycles. The Morgan fingerprint density at radius 2 is 1.19 bits per heavy atom. The molecule has 0 spiro atoms. The molecule has 0 radical (unpaired) electrons. The normalized spacial score (nSPS) is 18.6. The summed E-state index contributed by atoms with van der Waals surface area (Å²) in [6.45, 7) is 0. The van der Waals surface area contributed by atoms with Gasteiger partial charge in [0.15, 0.2) is 0 Å². The van der Waals surface area contributed by atoms with Gasteiger partial charge in [-0.3, -0.25) is 0 Å². The third kappa shape index (κ3) is 4.92. The van der Waals surface area contributed by atoms with Gasteiger partial charge in [-0.05, 0) is 0 Å². The molecule has 0 fully saturated rings. The summed E-state index contributed by atoms with van der Waals surface area (Å²) in [5, 5.41) is 0. The summed E-state index contributed by atoms with van der Waals surface area (Å²) in [5.41, 5.74) is 2.57. The Bertz CT molecular complexity index is 769. The Morgan fingerprint density at radius 1 is 0.692 bits per heavy atom. The molecule has 134 valence electrons. The summed E-state index contributed by atoms with van der Waals surface area (Å²) >= 11 is -1.41. The molecule has 2 atom stereocenters. The zero-order valence-electron chi connectivity index (χ0n) is 13.5. The molecule has 1 aliphatic rings. The Hall–Kier alpha value is -1.73. The van der Waals surface area contributed by atoms with Crippen LogP contribution in [0.5, 0.6) is 0 Å². The average molecular weight is 438 g/mol. The van der Waals surface area contributed by atoms with Crippen LogP contribution >= 0.6 is 0 Å². The molecule has 0 bridgehead atoms. The van der Waals surface area contributed by atoms with E-state index in [0.717, 1.165) is 0 Å². The molecular weight excluding hydrogens is 423 g/mol. The van der Waals surface area contributed by atoms with E-state index in [1.807, 2.05) is 0 Å². The van der Waals surface area contributed by atoms with Crippen LogP contribution in [0.2, 0.25) is 0 Å². The van der Waals surface area contributed by atoms with Crippen molar-refractivity contribution in [3.8, 4) is 0 Å². The maximum atomic E-state index is 8.49. The third-order valence-electron chi connectivity index (χ3n) is 3.65. The second-order valence-electron chi connectivity index (χ2n) is 5.38. The minimum absolute atomic E-state index is 0.0765. The van der Waals surface area contributed by atoms with Crippen molar-refractivity contribution < 1.29 is 32.7 Å². The van der Waals surface area contributed by atoms with Crippen LogP contribution in [-0.2, 0) is 3.82 Å². The number of fused-ring (bicyclic) bond motifs is 1. The molecule has 1 aliphatic heterocycles. The molecule has 3 aromatic rings. The molecule has 4 rings (SSSR count). The first-order valence-corrected chi connectivity index (χ1v) is 11.3. The second-order valence-corrected chi connectivity index (χ2v) is 9.58. The van der Waals surface area contributed by atoms with E-state index < -0.39 is 24.5 Å². The molecule has 0 aromatic heterocycles. The van der Waals surface area contributed by atoms with Crippen molar-refractivity contribution in [2.75, 3.05) is 0 Å². The number of hydrogen-bond donors (Lipinski definition) is 0. The number of benzene rings is 3. The van der Waals surface area contributed by atoms with Crippen molar-refractivity contribution in [1.82, 2.24) is 0 Å². The van der Waals surface area contributed by atoms with Crippen LogP contribution in [-0.4, -0.2) is 14.2 Å². The second kappa shape index (κ2) is 8.31. The topological polar surface area (TPSA) is 101 Å². The van der Waals surface area contributed by atoms with Crippen LogP contribution in [0.25, 0.3) is 0 Å². The predicted octanol–water partition coefficient (Wildman–Crippen LogP) is -1.84. The van der Waals surface area contributed by atoms with Crippen molar-refractivity contribution >= 4 is 23.2 Å². The first kappa shape index (κ1) is 19.0. The summed E-state index contributed by atoms with van der Waals surface area (Å²) < 4.78 is 43.2. The molecule has 0 aliphatic carbocycles. The van der Waals surface area contributed by atoms with Gasteiger partial charge >= 0.3 is 129 Å². The Balaban J connectivity index is 0.000000349. The number of rotatable bonds is 2. The molecule has 2 unspecified atom stereocenters. The Labute approximate surface area is 158 Å². The quantitative estimate of drug-likeness (QED) is 0.438. The zero-order valence-corrected chi connectivity index (χ0v) is 16.0. The van der Waals surface area contributed by atoms with E-state index in [4.69, 9.17) is 22.5 Å². The average Bonchev–Trinajstić information content (AvgIpc) is 3.02. The molecule has 7 heteroatoms.